The zero-order valence-electron chi connectivity index (χ0n) is 16.4. The average molecular weight is 438 g/mol. The molecule has 2 aromatic rings. The molecule has 0 radical (unpaired) electrons. The lowest BCUT2D eigenvalue weighted by molar-refractivity contribution is -0.123. The second-order valence-electron chi connectivity index (χ2n) is 8.11. The topological polar surface area (TPSA) is 102 Å². The van der Waals surface area contributed by atoms with Gasteiger partial charge in [-0.1, -0.05) is 43.3 Å². The van der Waals surface area contributed by atoms with Crippen LogP contribution >= 0.6 is 11.3 Å². The number of aromatic nitrogens is 2. The molecule has 2 heterocycles. The van der Waals surface area contributed by atoms with Crippen LogP contribution in [0, 0.1) is 0 Å². The number of hydrogen-bond acceptors (Lipinski definition) is 7. The first-order chi connectivity index (χ1) is 14.0. The smallest absolute Gasteiger partial charge is 0.252 e. The maximum Gasteiger partial charge on any atom is 0.252 e. The molecule has 1 N–H and O–H groups in total. The van der Waals surface area contributed by atoms with Crippen molar-refractivity contribution in [3.05, 3.63) is 23.4 Å². The predicted octanol–water partition coefficient (Wildman–Crippen LogP) is 3.82. The summed E-state index contributed by atoms with van der Waals surface area (Å²) in [6.07, 6.45) is 7.80. The van der Waals surface area contributed by atoms with E-state index in [1.165, 1.54) is 11.3 Å². The minimum absolute atomic E-state index is 0.0213. The van der Waals surface area contributed by atoms with E-state index in [4.69, 9.17) is 4.52 Å². The molecule has 2 fully saturated rings. The van der Waals surface area contributed by atoms with Gasteiger partial charge in [0.25, 0.3) is 5.89 Å². The van der Waals surface area contributed by atoms with E-state index in [1.807, 2.05) is 17.5 Å². The van der Waals surface area contributed by atoms with Crippen molar-refractivity contribution >= 4 is 27.1 Å². The van der Waals surface area contributed by atoms with Crippen molar-refractivity contribution in [2.45, 2.75) is 75.0 Å². The van der Waals surface area contributed by atoms with Crippen LogP contribution < -0.4 is 5.32 Å². The second kappa shape index (κ2) is 8.55. The zero-order chi connectivity index (χ0) is 20.3. The van der Waals surface area contributed by atoms with E-state index < -0.39 is 15.4 Å². The molecule has 0 spiro atoms. The minimum Gasteiger partial charge on any atom is -0.342 e. The Kier molecular flexibility index (Phi) is 6.06. The molecule has 0 bridgehead atoms. The number of hydrogen-bond donors (Lipinski definition) is 1. The lowest BCUT2D eigenvalue weighted by atomic mass is 9.81. The van der Waals surface area contributed by atoms with Crippen molar-refractivity contribution < 1.29 is 17.7 Å². The van der Waals surface area contributed by atoms with E-state index >= 15 is 0 Å². The first-order valence-corrected chi connectivity index (χ1v) is 13.0. The van der Waals surface area contributed by atoms with Crippen molar-refractivity contribution in [1.82, 2.24) is 15.5 Å². The second-order valence-corrected chi connectivity index (χ2v) is 11.5. The van der Waals surface area contributed by atoms with Gasteiger partial charge < -0.3 is 9.84 Å². The van der Waals surface area contributed by atoms with Gasteiger partial charge in [-0.05, 0) is 37.1 Å². The molecule has 158 valence electrons. The Hall–Kier alpha value is -1.74. The van der Waals surface area contributed by atoms with Crippen LogP contribution in [-0.4, -0.2) is 35.5 Å². The van der Waals surface area contributed by atoms with Crippen molar-refractivity contribution in [2.75, 3.05) is 5.75 Å². The summed E-state index contributed by atoms with van der Waals surface area (Å²) >= 11 is 1.53. The molecule has 0 saturated heterocycles. The molecule has 2 saturated carbocycles. The Morgan fingerprint density at radius 1 is 1.21 bits per heavy atom. The van der Waals surface area contributed by atoms with E-state index in [9.17, 15) is 13.2 Å². The monoisotopic (exact) mass is 437 g/mol. The van der Waals surface area contributed by atoms with Gasteiger partial charge in [0.2, 0.25) is 11.7 Å². The van der Waals surface area contributed by atoms with Crippen LogP contribution in [0.4, 0.5) is 0 Å². The number of nitrogens with one attached hydrogen (secondary N) is 1. The van der Waals surface area contributed by atoms with Gasteiger partial charge in [0, 0.05) is 6.42 Å². The first-order valence-electron chi connectivity index (χ1n) is 10.4. The Bertz CT molecular complexity index is 925. The molecule has 0 aromatic carbocycles. The summed E-state index contributed by atoms with van der Waals surface area (Å²) in [5.41, 5.74) is -0.699. The van der Waals surface area contributed by atoms with E-state index in [2.05, 4.69) is 15.5 Å². The fourth-order valence-electron chi connectivity index (χ4n) is 4.45. The van der Waals surface area contributed by atoms with E-state index in [0.717, 1.165) is 62.7 Å². The van der Waals surface area contributed by atoms with Crippen LogP contribution in [0.5, 0.6) is 0 Å². The van der Waals surface area contributed by atoms with E-state index in [1.54, 1.807) is 0 Å². The minimum atomic E-state index is -3.22. The summed E-state index contributed by atoms with van der Waals surface area (Å²) < 4.78 is 30.6. The van der Waals surface area contributed by atoms with Gasteiger partial charge in [-0.2, -0.15) is 4.98 Å². The maximum absolute atomic E-state index is 12.7. The van der Waals surface area contributed by atoms with Crippen LogP contribution in [0.15, 0.2) is 22.0 Å². The highest BCUT2D eigenvalue weighted by atomic mass is 32.2. The molecule has 0 aliphatic heterocycles. The van der Waals surface area contributed by atoms with Crippen molar-refractivity contribution in [3.63, 3.8) is 0 Å². The third kappa shape index (κ3) is 4.55. The molecule has 29 heavy (non-hydrogen) atoms. The van der Waals surface area contributed by atoms with Gasteiger partial charge in [-0.25, -0.2) is 8.42 Å². The Morgan fingerprint density at radius 2 is 1.97 bits per heavy atom. The summed E-state index contributed by atoms with van der Waals surface area (Å²) in [4.78, 5) is 18.2. The molecule has 2 aliphatic rings. The molecular formula is C20H27N3O4S2. The quantitative estimate of drug-likeness (QED) is 0.706. The molecule has 2 aliphatic carbocycles. The molecule has 1 amide bonds. The standard InChI is InChI=1S/C20H27N3O4S2/c24-17(10-14-29(25,26)15-7-2-3-8-15)22-20(11-4-1-5-12-20)19-21-18(23-27-19)16-9-6-13-28-16/h6,9,13,15H,1-5,7-8,10-12,14H2,(H,22,24). The van der Waals surface area contributed by atoms with Crippen LogP contribution in [0.25, 0.3) is 10.7 Å². The number of carbonyl (C=O) groups is 1. The van der Waals surface area contributed by atoms with Crippen molar-refractivity contribution in [1.29, 1.82) is 0 Å². The van der Waals surface area contributed by atoms with Gasteiger partial charge >= 0.3 is 0 Å². The number of rotatable bonds is 7. The number of sulfone groups is 1. The summed E-state index contributed by atoms with van der Waals surface area (Å²) in [7, 11) is -3.22. The maximum atomic E-state index is 12.7. The highest BCUT2D eigenvalue weighted by molar-refractivity contribution is 7.92. The van der Waals surface area contributed by atoms with E-state index in [-0.39, 0.29) is 23.3 Å². The Morgan fingerprint density at radius 3 is 2.66 bits per heavy atom. The molecule has 2 aromatic heterocycles. The molecule has 7 nitrogen and oxygen atoms in total. The summed E-state index contributed by atoms with van der Waals surface area (Å²) in [6, 6.07) is 3.86. The average Bonchev–Trinajstić information content (AvgIpc) is 3.49. The van der Waals surface area contributed by atoms with E-state index in [0.29, 0.717) is 11.7 Å². The summed E-state index contributed by atoms with van der Waals surface area (Å²) in [5, 5.41) is 8.85. The number of thiophene rings is 1. The zero-order valence-corrected chi connectivity index (χ0v) is 18.1. The normalized spacial score (nSPS) is 20.0. The lowest BCUT2D eigenvalue weighted by Gasteiger charge is -2.34. The molecular weight excluding hydrogens is 410 g/mol. The van der Waals surface area contributed by atoms with Crippen LogP contribution in [0.2, 0.25) is 0 Å². The van der Waals surface area contributed by atoms with Crippen LogP contribution in [-0.2, 0) is 20.2 Å². The lowest BCUT2D eigenvalue weighted by Crippen LogP contribution is -2.48. The molecule has 4 rings (SSSR count). The SMILES string of the molecule is O=C(CCS(=O)(=O)C1CCCC1)NC1(c2nc(-c3cccs3)no2)CCCCC1. The van der Waals surface area contributed by atoms with Gasteiger partial charge in [0.1, 0.15) is 5.54 Å². The van der Waals surface area contributed by atoms with Crippen molar-refractivity contribution in [3.8, 4) is 10.7 Å². The number of amides is 1. The Balaban J connectivity index is 1.46. The van der Waals surface area contributed by atoms with Gasteiger partial charge in [0.15, 0.2) is 9.84 Å². The summed E-state index contributed by atoms with van der Waals surface area (Å²) in [6.45, 7) is 0. The molecule has 9 heteroatoms. The van der Waals surface area contributed by atoms with Crippen LogP contribution in [0.1, 0.15) is 70.1 Å². The van der Waals surface area contributed by atoms with Gasteiger partial charge in [0.05, 0.1) is 15.9 Å². The predicted molar refractivity (Wildman–Crippen MR) is 111 cm³/mol. The molecule has 0 unspecified atom stereocenters. The number of nitrogens with zero attached hydrogens (tertiary/aromatic N) is 2. The van der Waals surface area contributed by atoms with Crippen molar-refractivity contribution in [2.24, 2.45) is 0 Å². The molecule has 0 atom stereocenters. The highest BCUT2D eigenvalue weighted by Gasteiger charge is 2.41. The Labute approximate surface area is 175 Å². The van der Waals surface area contributed by atoms with Gasteiger partial charge in [-0.15, -0.1) is 11.3 Å². The number of carbonyl (C=O) groups excluding carboxylic acids is 1. The largest absolute Gasteiger partial charge is 0.342 e. The summed E-state index contributed by atoms with van der Waals surface area (Å²) in [5.74, 6) is 0.596. The highest BCUT2D eigenvalue weighted by Crippen LogP contribution is 2.37. The fourth-order valence-corrected chi connectivity index (χ4v) is 6.95. The van der Waals surface area contributed by atoms with Gasteiger partial charge in [-0.3, -0.25) is 4.79 Å². The third-order valence-corrected chi connectivity index (χ3v) is 9.21. The third-order valence-electron chi connectivity index (χ3n) is 6.09. The van der Waals surface area contributed by atoms with Crippen LogP contribution in [0.3, 0.4) is 0 Å². The fraction of sp³-hybridized carbons (Fsp3) is 0.650. The first kappa shape index (κ1) is 20.5.